The highest BCUT2D eigenvalue weighted by Gasteiger charge is 2.28. The van der Waals surface area contributed by atoms with Crippen LogP contribution in [0.2, 0.25) is 0 Å². The molecule has 0 amide bonds. The summed E-state index contributed by atoms with van der Waals surface area (Å²) < 4.78 is 27.4. The maximum atomic E-state index is 12.7. The van der Waals surface area contributed by atoms with Crippen LogP contribution in [0.1, 0.15) is 25.8 Å². The van der Waals surface area contributed by atoms with Crippen LogP contribution in [0.15, 0.2) is 29.1 Å². The zero-order chi connectivity index (χ0) is 16.6. The minimum atomic E-state index is -3.17. The van der Waals surface area contributed by atoms with E-state index < -0.39 is 10.0 Å². The van der Waals surface area contributed by atoms with E-state index in [-0.39, 0.29) is 17.4 Å². The van der Waals surface area contributed by atoms with Gasteiger partial charge in [0.1, 0.15) is 0 Å². The lowest BCUT2D eigenvalue weighted by Gasteiger charge is -2.31. The number of nitrogens with zero attached hydrogens (tertiary/aromatic N) is 2. The Kier molecular flexibility index (Phi) is 4.39. The SMILES string of the molecule is CCS(=O)(=O)N1CCC(n2c(=S)[nH]c3ccccc3c2=O)CC1. The van der Waals surface area contributed by atoms with Crippen LogP contribution < -0.4 is 5.56 Å². The maximum absolute atomic E-state index is 12.7. The van der Waals surface area contributed by atoms with Crippen molar-refractivity contribution in [2.24, 2.45) is 0 Å². The van der Waals surface area contributed by atoms with Gasteiger partial charge in [0.2, 0.25) is 10.0 Å². The summed E-state index contributed by atoms with van der Waals surface area (Å²) in [6.07, 6.45) is 1.18. The van der Waals surface area contributed by atoms with Crippen molar-refractivity contribution in [3.05, 3.63) is 39.4 Å². The van der Waals surface area contributed by atoms with Crippen molar-refractivity contribution in [1.82, 2.24) is 13.9 Å². The van der Waals surface area contributed by atoms with Crippen LogP contribution in [0.4, 0.5) is 0 Å². The summed E-state index contributed by atoms with van der Waals surface area (Å²) in [6.45, 7) is 2.50. The van der Waals surface area contributed by atoms with E-state index >= 15 is 0 Å². The van der Waals surface area contributed by atoms with Gasteiger partial charge >= 0.3 is 0 Å². The van der Waals surface area contributed by atoms with Crippen LogP contribution in [-0.2, 0) is 10.0 Å². The zero-order valence-corrected chi connectivity index (χ0v) is 14.5. The van der Waals surface area contributed by atoms with Gasteiger partial charge in [-0.3, -0.25) is 9.36 Å². The van der Waals surface area contributed by atoms with Gasteiger partial charge < -0.3 is 4.98 Å². The van der Waals surface area contributed by atoms with E-state index in [0.717, 1.165) is 5.52 Å². The van der Waals surface area contributed by atoms with Gasteiger partial charge in [-0.15, -0.1) is 0 Å². The van der Waals surface area contributed by atoms with Crippen LogP contribution in [0.3, 0.4) is 0 Å². The number of nitrogens with one attached hydrogen (secondary N) is 1. The lowest BCUT2D eigenvalue weighted by molar-refractivity contribution is 0.268. The van der Waals surface area contributed by atoms with Gasteiger partial charge in [0.25, 0.3) is 5.56 Å². The molecule has 1 N–H and O–H groups in total. The van der Waals surface area contributed by atoms with E-state index in [1.54, 1.807) is 17.6 Å². The second-order valence-corrected chi connectivity index (χ2v) is 8.33. The highest BCUT2D eigenvalue weighted by Crippen LogP contribution is 2.24. The molecule has 0 bridgehead atoms. The first-order valence-electron chi connectivity index (χ1n) is 7.65. The minimum Gasteiger partial charge on any atom is -0.332 e. The number of sulfonamides is 1. The van der Waals surface area contributed by atoms with Crippen molar-refractivity contribution in [3.63, 3.8) is 0 Å². The summed E-state index contributed by atoms with van der Waals surface area (Å²) in [5, 5.41) is 0.602. The molecule has 124 valence electrons. The zero-order valence-electron chi connectivity index (χ0n) is 12.9. The van der Waals surface area contributed by atoms with Gasteiger partial charge in [-0.25, -0.2) is 12.7 Å². The number of piperidine rings is 1. The molecule has 23 heavy (non-hydrogen) atoms. The molecule has 8 heteroatoms. The third kappa shape index (κ3) is 2.98. The van der Waals surface area contributed by atoms with E-state index in [1.165, 1.54) is 4.31 Å². The molecule has 0 aliphatic carbocycles. The third-order valence-corrected chi connectivity index (χ3v) is 6.56. The van der Waals surface area contributed by atoms with Gasteiger partial charge in [-0.2, -0.15) is 0 Å². The fourth-order valence-corrected chi connectivity index (χ4v) is 4.54. The Bertz CT molecular complexity index is 938. The Labute approximate surface area is 139 Å². The van der Waals surface area contributed by atoms with Gasteiger partial charge in [0.05, 0.1) is 16.7 Å². The highest BCUT2D eigenvalue weighted by molar-refractivity contribution is 7.89. The molecule has 1 aromatic heterocycles. The van der Waals surface area contributed by atoms with Crippen molar-refractivity contribution in [1.29, 1.82) is 0 Å². The van der Waals surface area contributed by atoms with Crippen molar-refractivity contribution >= 4 is 33.1 Å². The van der Waals surface area contributed by atoms with Crippen LogP contribution in [0.25, 0.3) is 10.9 Å². The van der Waals surface area contributed by atoms with Gasteiger partial charge in [0.15, 0.2) is 4.77 Å². The third-order valence-electron chi connectivity index (χ3n) is 4.38. The largest absolute Gasteiger partial charge is 0.332 e. The van der Waals surface area contributed by atoms with Crippen LogP contribution >= 0.6 is 12.2 Å². The Balaban J connectivity index is 1.94. The van der Waals surface area contributed by atoms with Crippen molar-refractivity contribution in [2.45, 2.75) is 25.8 Å². The summed E-state index contributed by atoms with van der Waals surface area (Å²) in [7, 11) is -3.17. The molecule has 0 atom stereocenters. The average molecular weight is 353 g/mol. The van der Waals surface area contributed by atoms with E-state index in [0.29, 0.717) is 36.1 Å². The standard InChI is InChI=1S/C15H19N3O3S2/c1-2-23(20,21)17-9-7-11(8-10-17)18-14(19)12-5-3-4-6-13(12)16-15(18)22/h3-6,11H,2,7-10H2,1H3,(H,16,22). The number of benzene rings is 1. The smallest absolute Gasteiger partial charge is 0.262 e. The molecule has 1 fully saturated rings. The topological polar surface area (TPSA) is 75.2 Å². The number of para-hydroxylation sites is 1. The fourth-order valence-electron chi connectivity index (χ4n) is 3.07. The molecule has 1 aliphatic heterocycles. The number of rotatable bonds is 3. The molecule has 0 spiro atoms. The van der Waals surface area contributed by atoms with Gasteiger partial charge in [-0.05, 0) is 44.1 Å². The fraction of sp³-hybridized carbons (Fsp3) is 0.467. The Morgan fingerprint density at radius 3 is 2.57 bits per heavy atom. The number of H-pyrrole nitrogens is 1. The number of aromatic nitrogens is 2. The molecule has 3 rings (SSSR count). The van der Waals surface area contributed by atoms with Crippen LogP contribution in [-0.4, -0.2) is 41.1 Å². The first-order valence-corrected chi connectivity index (χ1v) is 9.67. The van der Waals surface area contributed by atoms with E-state index in [4.69, 9.17) is 12.2 Å². The van der Waals surface area contributed by atoms with Gasteiger partial charge in [-0.1, -0.05) is 12.1 Å². The first-order chi connectivity index (χ1) is 10.9. The molecular weight excluding hydrogens is 334 g/mol. The number of aromatic amines is 1. The Morgan fingerprint density at radius 1 is 1.26 bits per heavy atom. The molecule has 1 aromatic carbocycles. The van der Waals surface area contributed by atoms with E-state index in [2.05, 4.69) is 4.98 Å². The van der Waals surface area contributed by atoms with E-state index in [9.17, 15) is 13.2 Å². The number of hydrogen-bond donors (Lipinski definition) is 1. The molecule has 0 radical (unpaired) electrons. The lowest BCUT2D eigenvalue weighted by Crippen LogP contribution is -2.41. The van der Waals surface area contributed by atoms with Crippen LogP contribution in [0, 0.1) is 4.77 Å². The van der Waals surface area contributed by atoms with Crippen molar-refractivity contribution in [3.8, 4) is 0 Å². The second-order valence-electron chi connectivity index (χ2n) is 5.68. The monoisotopic (exact) mass is 353 g/mol. The average Bonchev–Trinajstić information content (AvgIpc) is 2.55. The predicted molar refractivity (Wildman–Crippen MR) is 92.7 cm³/mol. The Morgan fingerprint density at radius 2 is 1.91 bits per heavy atom. The number of hydrogen-bond acceptors (Lipinski definition) is 4. The number of fused-ring (bicyclic) bond motifs is 1. The molecule has 0 unspecified atom stereocenters. The molecule has 2 heterocycles. The van der Waals surface area contributed by atoms with Crippen molar-refractivity contribution < 1.29 is 8.42 Å². The molecular formula is C15H19N3O3S2. The summed E-state index contributed by atoms with van der Waals surface area (Å²) in [5.74, 6) is 0.105. The summed E-state index contributed by atoms with van der Waals surface area (Å²) in [5.41, 5.74) is 0.617. The quantitative estimate of drug-likeness (QED) is 0.857. The highest BCUT2D eigenvalue weighted by atomic mass is 32.2. The Hall–Kier alpha value is -1.51. The van der Waals surface area contributed by atoms with E-state index in [1.807, 2.05) is 18.2 Å². The summed E-state index contributed by atoms with van der Waals surface area (Å²) >= 11 is 5.35. The molecule has 2 aromatic rings. The second kappa shape index (κ2) is 6.18. The van der Waals surface area contributed by atoms with Gasteiger partial charge in [0, 0.05) is 19.1 Å². The maximum Gasteiger partial charge on any atom is 0.262 e. The summed E-state index contributed by atoms with van der Waals surface area (Å²) in [4.78, 5) is 15.8. The lowest BCUT2D eigenvalue weighted by atomic mass is 10.1. The predicted octanol–water partition coefficient (Wildman–Crippen LogP) is 2.05. The van der Waals surface area contributed by atoms with Crippen molar-refractivity contribution in [2.75, 3.05) is 18.8 Å². The minimum absolute atomic E-state index is 0.0702. The molecule has 1 saturated heterocycles. The normalized spacial score (nSPS) is 17.6. The molecule has 6 nitrogen and oxygen atoms in total. The molecule has 0 saturated carbocycles. The first kappa shape index (κ1) is 16.4. The molecule has 1 aliphatic rings. The summed E-state index contributed by atoms with van der Waals surface area (Å²) in [6, 6.07) is 7.20. The van der Waals surface area contributed by atoms with Crippen LogP contribution in [0.5, 0.6) is 0 Å².